The third-order valence-electron chi connectivity index (χ3n) is 3.38. The molecule has 0 bridgehead atoms. The summed E-state index contributed by atoms with van der Waals surface area (Å²) in [6.45, 7) is 4.52. The smallest absolute Gasteiger partial charge is 0.123 e. The van der Waals surface area contributed by atoms with E-state index in [-0.39, 0.29) is 5.82 Å². The maximum Gasteiger partial charge on any atom is 0.123 e. The first-order valence-corrected chi connectivity index (χ1v) is 5.44. The van der Waals surface area contributed by atoms with E-state index in [1.165, 1.54) is 17.5 Å². The minimum absolute atomic E-state index is 0.0897. The summed E-state index contributed by atoms with van der Waals surface area (Å²) in [7, 11) is 0. The molecule has 1 aromatic rings. The van der Waals surface area contributed by atoms with Crippen molar-refractivity contribution in [3.05, 3.63) is 35.1 Å². The number of fused-ring (bicyclic) bond motifs is 1. The predicted octanol–water partition coefficient (Wildman–Crippen LogP) is 3.59. The molecule has 0 nitrogen and oxygen atoms in total. The summed E-state index contributed by atoms with van der Waals surface area (Å²) in [4.78, 5) is 0. The SMILES string of the molecule is CC(C)C1CCc2ccc(F)cc2C1. The van der Waals surface area contributed by atoms with Crippen LogP contribution in [0, 0.1) is 17.7 Å². The lowest BCUT2D eigenvalue weighted by molar-refractivity contribution is 0.342. The molecular formula is C13H17F. The Morgan fingerprint density at radius 3 is 2.79 bits per heavy atom. The van der Waals surface area contributed by atoms with Gasteiger partial charge in [-0.2, -0.15) is 0 Å². The maximum absolute atomic E-state index is 13.0. The molecular weight excluding hydrogens is 175 g/mol. The zero-order valence-corrected chi connectivity index (χ0v) is 8.89. The number of halogens is 1. The Morgan fingerprint density at radius 1 is 1.29 bits per heavy atom. The molecule has 0 spiro atoms. The minimum Gasteiger partial charge on any atom is -0.207 e. The monoisotopic (exact) mass is 192 g/mol. The minimum atomic E-state index is -0.0897. The number of benzene rings is 1. The zero-order chi connectivity index (χ0) is 10.1. The van der Waals surface area contributed by atoms with Crippen LogP contribution in [0.25, 0.3) is 0 Å². The molecule has 1 atom stereocenters. The standard InChI is InChI=1S/C13H17F/c1-9(2)11-4-3-10-5-6-13(14)8-12(10)7-11/h5-6,8-9,11H,3-4,7H2,1-2H3. The molecule has 1 unspecified atom stereocenters. The van der Waals surface area contributed by atoms with E-state index in [0.717, 1.165) is 18.8 Å². The van der Waals surface area contributed by atoms with Gasteiger partial charge in [-0.1, -0.05) is 19.9 Å². The molecule has 0 aliphatic heterocycles. The van der Waals surface area contributed by atoms with Crippen LogP contribution in [-0.2, 0) is 12.8 Å². The lowest BCUT2D eigenvalue weighted by Gasteiger charge is -2.27. The molecule has 0 aromatic heterocycles. The van der Waals surface area contributed by atoms with Crippen molar-refractivity contribution in [3.8, 4) is 0 Å². The van der Waals surface area contributed by atoms with Crippen LogP contribution in [0.15, 0.2) is 18.2 Å². The Bertz CT molecular complexity index is 328. The zero-order valence-electron chi connectivity index (χ0n) is 8.89. The van der Waals surface area contributed by atoms with Gasteiger partial charge in [0.15, 0.2) is 0 Å². The molecule has 1 aromatic carbocycles. The lowest BCUT2D eigenvalue weighted by Crippen LogP contribution is -2.19. The van der Waals surface area contributed by atoms with Crippen LogP contribution in [0.3, 0.4) is 0 Å². The van der Waals surface area contributed by atoms with Crippen molar-refractivity contribution in [2.75, 3.05) is 0 Å². The quantitative estimate of drug-likeness (QED) is 0.638. The third kappa shape index (κ3) is 1.82. The Morgan fingerprint density at radius 2 is 2.07 bits per heavy atom. The number of hydrogen-bond donors (Lipinski definition) is 0. The largest absolute Gasteiger partial charge is 0.207 e. The van der Waals surface area contributed by atoms with Crippen LogP contribution in [0.4, 0.5) is 4.39 Å². The average Bonchev–Trinajstić information content (AvgIpc) is 2.16. The number of hydrogen-bond acceptors (Lipinski definition) is 0. The van der Waals surface area contributed by atoms with Gasteiger partial charge >= 0.3 is 0 Å². The molecule has 0 N–H and O–H groups in total. The maximum atomic E-state index is 13.0. The average molecular weight is 192 g/mol. The van der Waals surface area contributed by atoms with Gasteiger partial charge in [-0.3, -0.25) is 0 Å². The van der Waals surface area contributed by atoms with Gasteiger partial charge in [0.2, 0.25) is 0 Å². The fraction of sp³-hybridized carbons (Fsp3) is 0.538. The summed E-state index contributed by atoms with van der Waals surface area (Å²) < 4.78 is 13.0. The molecule has 14 heavy (non-hydrogen) atoms. The van der Waals surface area contributed by atoms with Crippen LogP contribution in [0.2, 0.25) is 0 Å². The lowest BCUT2D eigenvalue weighted by atomic mass is 9.78. The molecule has 76 valence electrons. The van der Waals surface area contributed by atoms with Crippen molar-refractivity contribution >= 4 is 0 Å². The van der Waals surface area contributed by atoms with Gasteiger partial charge < -0.3 is 0 Å². The highest BCUT2D eigenvalue weighted by molar-refractivity contribution is 5.30. The fourth-order valence-electron chi connectivity index (χ4n) is 2.32. The van der Waals surface area contributed by atoms with E-state index in [1.54, 1.807) is 12.1 Å². The van der Waals surface area contributed by atoms with E-state index < -0.39 is 0 Å². The van der Waals surface area contributed by atoms with Crippen molar-refractivity contribution in [1.82, 2.24) is 0 Å². The van der Waals surface area contributed by atoms with Gasteiger partial charge in [-0.25, -0.2) is 4.39 Å². The molecule has 0 fully saturated rings. The molecule has 0 amide bonds. The molecule has 1 aliphatic rings. The molecule has 0 saturated heterocycles. The van der Waals surface area contributed by atoms with Crippen molar-refractivity contribution < 1.29 is 4.39 Å². The molecule has 1 heteroatoms. The van der Waals surface area contributed by atoms with Crippen molar-refractivity contribution in [1.29, 1.82) is 0 Å². The summed E-state index contributed by atoms with van der Waals surface area (Å²) in [6, 6.07) is 5.24. The number of aryl methyl sites for hydroxylation is 1. The van der Waals surface area contributed by atoms with Crippen molar-refractivity contribution in [2.45, 2.75) is 33.1 Å². The summed E-state index contributed by atoms with van der Waals surface area (Å²) in [5, 5.41) is 0. The highest BCUT2D eigenvalue weighted by Gasteiger charge is 2.21. The number of rotatable bonds is 1. The first-order chi connectivity index (χ1) is 6.66. The molecule has 1 aliphatic carbocycles. The van der Waals surface area contributed by atoms with Crippen LogP contribution in [0.5, 0.6) is 0 Å². The Hall–Kier alpha value is -0.850. The summed E-state index contributed by atoms with van der Waals surface area (Å²) in [5.74, 6) is 1.36. The molecule has 0 saturated carbocycles. The normalized spacial score (nSPS) is 21.0. The Kier molecular flexibility index (Phi) is 2.58. The summed E-state index contributed by atoms with van der Waals surface area (Å²) >= 11 is 0. The third-order valence-corrected chi connectivity index (χ3v) is 3.38. The van der Waals surface area contributed by atoms with E-state index in [2.05, 4.69) is 13.8 Å². The van der Waals surface area contributed by atoms with E-state index in [1.807, 2.05) is 6.07 Å². The van der Waals surface area contributed by atoms with Crippen molar-refractivity contribution in [2.24, 2.45) is 11.8 Å². The first-order valence-electron chi connectivity index (χ1n) is 5.44. The van der Waals surface area contributed by atoms with Crippen LogP contribution in [-0.4, -0.2) is 0 Å². The Balaban J connectivity index is 2.24. The van der Waals surface area contributed by atoms with Gasteiger partial charge in [0.05, 0.1) is 0 Å². The van der Waals surface area contributed by atoms with E-state index in [0.29, 0.717) is 5.92 Å². The second-order valence-corrected chi connectivity index (χ2v) is 4.66. The first kappa shape index (κ1) is 9.70. The highest BCUT2D eigenvalue weighted by atomic mass is 19.1. The van der Waals surface area contributed by atoms with Gasteiger partial charge in [0.1, 0.15) is 5.82 Å². The van der Waals surface area contributed by atoms with Crippen LogP contribution in [0.1, 0.15) is 31.4 Å². The van der Waals surface area contributed by atoms with Crippen LogP contribution >= 0.6 is 0 Å². The second kappa shape index (κ2) is 3.72. The highest BCUT2D eigenvalue weighted by Crippen LogP contribution is 2.30. The second-order valence-electron chi connectivity index (χ2n) is 4.66. The Labute approximate surface area is 85.1 Å². The van der Waals surface area contributed by atoms with Gasteiger partial charge in [-0.15, -0.1) is 0 Å². The summed E-state index contributed by atoms with van der Waals surface area (Å²) in [5.41, 5.74) is 2.58. The van der Waals surface area contributed by atoms with E-state index in [4.69, 9.17) is 0 Å². The topological polar surface area (TPSA) is 0 Å². The predicted molar refractivity (Wildman–Crippen MR) is 56.8 cm³/mol. The molecule has 0 radical (unpaired) electrons. The van der Waals surface area contributed by atoms with Crippen molar-refractivity contribution in [3.63, 3.8) is 0 Å². The molecule has 2 rings (SSSR count). The van der Waals surface area contributed by atoms with E-state index >= 15 is 0 Å². The van der Waals surface area contributed by atoms with Crippen LogP contribution < -0.4 is 0 Å². The van der Waals surface area contributed by atoms with Gasteiger partial charge in [0, 0.05) is 0 Å². The van der Waals surface area contributed by atoms with E-state index in [9.17, 15) is 4.39 Å². The fourth-order valence-corrected chi connectivity index (χ4v) is 2.32. The van der Waals surface area contributed by atoms with Gasteiger partial charge in [0.25, 0.3) is 0 Å². The van der Waals surface area contributed by atoms with Gasteiger partial charge in [-0.05, 0) is 54.4 Å². The summed E-state index contributed by atoms with van der Waals surface area (Å²) in [6.07, 6.45) is 3.44. The molecule has 0 heterocycles.